The van der Waals surface area contributed by atoms with E-state index in [0.717, 1.165) is 12.1 Å². The number of rotatable bonds is 2. The molecule has 0 saturated heterocycles. The van der Waals surface area contributed by atoms with Crippen molar-refractivity contribution in [2.75, 3.05) is 0 Å². The molecule has 7 heteroatoms. The van der Waals surface area contributed by atoms with Gasteiger partial charge in [-0.25, -0.2) is 4.79 Å². The summed E-state index contributed by atoms with van der Waals surface area (Å²) in [6.07, 6.45) is -5.14. The highest BCUT2D eigenvalue weighted by Gasteiger charge is 2.31. The molecule has 0 fully saturated rings. The fraction of sp³-hybridized carbons (Fsp3) is 0.538. The fourth-order valence-corrected chi connectivity index (χ4v) is 1.47. The van der Waals surface area contributed by atoms with Gasteiger partial charge in [-0.15, -0.1) is 0 Å². The average molecular weight is 290 g/mol. The molecule has 0 bridgehead atoms. The topological polar surface area (TPSA) is 51.2 Å². The van der Waals surface area contributed by atoms with Crippen molar-refractivity contribution < 1.29 is 22.7 Å². The lowest BCUT2D eigenvalue weighted by Gasteiger charge is -2.19. The van der Waals surface area contributed by atoms with Gasteiger partial charge in [0, 0.05) is 5.69 Å². The van der Waals surface area contributed by atoms with Crippen LogP contribution in [0, 0.1) is 6.92 Å². The van der Waals surface area contributed by atoms with E-state index >= 15 is 0 Å². The van der Waals surface area contributed by atoms with Gasteiger partial charge < -0.3 is 10.1 Å². The minimum atomic E-state index is -4.44. The van der Waals surface area contributed by atoms with Gasteiger partial charge in [-0.1, -0.05) is 0 Å². The number of aromatic nitrogens is 1. The van der Waals surface area contributed by atoms with Crippen LogP contribution in [-0.4, -0.2) is 16.7 Å². The molecule has 0 aliphatic rings. The Morgan fingerprint density at radius 1 is 1.30 bits per heavy atom. The number of carbonyl (C=O) groups excluding carboxylic acids is 1. The van der Waals surface area contributed by atoms with Gasteiger partial charge in [0.15, 0.2) is 0 Å². The maximum absolute atomic E-state index is 12.6. The number of carbonyl (C=O) groups is 1. The number of nitrogens with zero attached hydrogens (tertiary/aromatic N) is 1. The standard InChI is InChI=1S/C13H17F3N2O2/c1-8-5-9(13(14,15)16)6-10(18-8)7-17-11(19)20-12(2,3)4/h5-6H,7H2,1-4H3,(H,17,19). The normalized spacial score (nSPS) is 12.2. The van der Waals surface area contributed by atoms with Crippen molar-refractivity contribution >= 4 is 6.09 Å². The van der Waals surface area contributed by atoms with Crippen molar-refractivity contribution in [2.24, 2.45) is 0 Å². The molecule has 0 aliphatic heterocycles. The van der Waals surface area contributed by atoms with E-state index in [0.29, 0.717) is 0 Å². The molecule has 0 atom stereocenters. The van der Waals surface area contributed by atoms with Crippen molar-refractivity contribution in [3.05, 3.63) is 29.1 Å². The molecule has 1 rings (SSSR count). The summed E-state index contributed by atoms with van der Waals surface area (Å²) in [5.74, 6) is 0. The molecule has 1 aromatic rings. The highest BCUT2D eigenvalue weighted by molar-refractivity contribution is 5.67. The lowest BCUT2D eigenvalue weighted by atomic mass is 10.2. The monoisotopic (exact) mass is 290 g/mol. The Labute approximate surface area is 115 Å². The highest BCUT2D eigenvalue weighted by atomic mass is 19.4. The van der Waals surface area contributed by atoms with Gasteiger partial charge in [-0.3, -0.25) is 4.98 Å². The number of alkyl halides is 3. The fourth-order valence-electron chi connectivity index (χ4n) is 1.47. The van der Waals surface area contributed by atoms with Gasteiger partial charge in [0.1, 0.15) is 5.60 Å². The summed E-state index contributed by atoms with van der Waals surface area (Å²) in [5, 5.41) is 2.37. The van der Waals surface area contributed by atoms with Crippen LogP contribution in [0.2, 0.25) is 0 Å². The van der Waals surface area contributed by atoms with Crippen molar-refractivity contribution in [1.82, 2.24) is 10.3 Å². The van der Waals surface area contributed by atoms with Crippen LogP contribution in [0.4, 0.5) is 18.0 Å². The Morgan fingerprint density at radius 3 is 2.40 bits per heavy atom. The van der Waals surface area contributed by atoms with E-state index in [1.165, 1.54) is 6.92 Å². The summed E-state index contributed by atoms with van der Waals surface area (Å²) in [7, 11) is 0. The molecule has 20 heavy (non-hydrogen) atoms. The Kier molecular flexibility index (Phi) is 4.62. The first-order valence-electron chi connectivity index (χ1n) is 5.99. The summed E-state index contributed by atoms with van der Waals surface area (Å²) in [6.45, 7) is 6.42. The van der Waals surface area contributed by atoms with Crippen LogP contribution in [0.3, 0.4) is 0 Å². The predicted octanol–water partition coefficient (Wildman–Crippen LogP) is 3.43. The molecule has 1 N–H and O–H groups in total. The van der Waals surface area contributed by atoms with Crippen molar-refractivity contribution in [3.8, 4) is 0 Å². The van der Waals surface area contributed by atoms with E-state index in [1.807, 2.05) is 0 Å². The van der Waals surface area contributed by atoms with Crippen LogP contribution < -0.4 is 5.32 Å². The summed E-state index contributed by atoms with van der Waals surface area (Å²) in [6, 6.07) is 1.86. The van der Waals surface area contributed by atoms with E-state index in [4.69, 9.17) is 4.74 Å². The number of pyridine rings is 1. The van der Waals surface area contributed by atoms with Crippen molar-refractivity contribution in [2.45, 2.75) is 46.0 Å². The first kappa shape index (κ1) is 16.3. The minimum Gasteiger partial charge on any atom is -0.444 e. The van der Waals surface area contributed by atoms with E-state index in [2.05, 4.69) is 10.3 Å². The third-order valence-electron chi connectivity index (χ3n) is 2.15. The van der Waals surface area contributed by atoms with Gasteiger partial charge in [0.25, 0.3) is 0 Å². The largest absolute Gasteiger partial charge is 0.444 e. The second-order valence-electron chi connectivity index (χ2n) is 5.34. The predicted molar refractivity (Wildman–Crippen MR) is 67.0 cm³/mol. The summed E-state index contributed by atoms with van der Waals surface area (Å²) in [4.78, 5) is 15.4. The van der Waals surface area contributed by atoms with E-state index in [-0.39, 0.29) is 17.9 Å². The summed E-state index contributed by atoms with van der Waals surface area (Å²) in [5.41, 5.74) is -1.09. The van der Waals surface area contributed by atoms with Crippen LogP contribution in [0.1, 0.15) is 37.7 Å². The number of hydrogen-bond donors (Lipinski definition) is 1. The third kappa shape index (κ3) is 5.46. The number of amides is 1. The minimum absolute atomic E-state index is 0.125. The number of hydrogen-bond acceptors (Lipinski definition) is 3. The SMILES string of the molecule is Cc1cc(C(F)(F)F)cc(CNC(=O)OC(C)(C)C)n1. The number of aryl methyl sites for hydroxylation is 1. The Bertz CT molecular complexity index is 493. The van der Waals surface area contributed by atoms with Crippen LogP contribution in [0.15, 0.2) is 12.1 Å². The number of alkyl carbamates (subject to hydrolysis) is 1. The molecule has 1 aromatic heterocycles. The summed E-state index contributed by atoms with van der Waals surface area (Å²) >= 11 is 0. The summed E-state index contributed by atoms with van der Waals surface area (Å²) < 4.78 is 42.9. The molecule has 0 aliphatic carbocycles. The van der Waals surface area contributed by atoms with Gasteiger partial charge in [0.05, 0.1) is 17.8 Å². The first-order valence-corrected chi connectivity index (χ1v) is 5.99. The number of ether oxygens (including phenoxy) is 1. The van der Waals surface area contributed by atoms with Crippen molar-refractivity contribution in [3.63, 3.8) is 0 Å². The lowest BCUT2D eigenvalue weighted by molar-refractivity contribution is -0.137. The molecule has 0 unspecified atom stereocenters. The van der Waals surface area contributed by atoms with Gasteiger partial charge in [-0.2, -0.15) is 13.2 Å². The number of halogens is 3. The molecule has 0 saturated carbocycles. The van der Waals surface area contributed by atoms with Gasteiger partial charge in [-0.05, 0) is 39.8 Å². The molecule has 0 spiro atoms. The molecule has 1 heterocycles. The molecular formula is C13H17F3N2O2. The van der Waals surface area contributed by atoms with Gasteiger partial charge in [0.2, 0.25) is 0 Å². The highest BCUT2D eigenvalue weighted by Crippen LogP contribution is 2.29. The first-order chi connectivity index (χ1) is 8.97. The maximum Gasteiger partial charge on any atom is 0.416 e. The molecule has 4 nitrogen and oxygen atoms in total. The quantitative estimate of drug-likeness (QED) is 0.907. The Balaban J connectivity index is 2.74. The zero-order valence-electron chi connectivity index (χ0n) is 11.8. The van der Waals surface area contributed by atoms with Crippen molar-refractivity contribution in [1.29, 1.82) is 0 Å². The smallest absolute Gasteiger partial charge is 0.416 e. The zero-order valence-corrected chi connectivity index (χ0v) is 11.8. The maximum atomic E-state index is 12.6. The lowest BCUT2D eigenvalue weighted by Crippen LogP contribution is -2.32. The van der Waals surface area contributed by atoms with E-state index in [1.54, 1.807) is 20.8 Å². The van der Waals surface area contributed by atoms with Crippen LogP contribution >= 0.6 is 0 Å². The van der Waals surface area contributed by atoms with E-state index < -0.39 is 23.4 Å². The second-order valence-corrected chi connectivity index (χ2v) is 5.34. The molecule has 0 radical (unpaired) electrons. The Morgan fingerprint density at radius 2 is 1.90 bits per heavy atom. The number of nitrogens with one attached hydrogen (secondary N) is 1. The molecule has 1 amide bonds. The molecule has 112 valence electrons. The zero-order chi connectivity index (χ0) is 15.6. The second kappa shape index (κ2) is 5.68. The van der Waals surface area contributed by atoms with Crippen LogP contribution in [-0.2, 0) is 17.5 Å². The van der Waals surface area contributed by atoms with Crippen LogP contribution in [0.25, 0.3) is 0 Å². The molecule has 0 aromatic carbocycles. The van der Waals surface area contributed by atoms with E-state index in [9.17, 15) is 18.0 Å². The van der Waals surface area contributed by atoms with Crippen LogP contribution in [0.5, 0.6) is 0 Å². The Hall–Kier alpha value is -1.79. The third-order valence-corrected chi connectivity index (χ3v) is 2.15. The molecular weight excluding hydrogens is 273 g/mol. The average Bonchev–Trinajstić information content (AvgIpc) is 2.22. The van der Waals surface area contributed by atoms with Gasteiger partial charge >= 0.3 is 12.3 Å².